The van der Waals surface area contributed by atoms with Crippen LogP contribution in [-0.4, -0.2) is 101 Å². The monoisotopic (exact) mass is 1730 g/mol. The summed E-state index contributed by atoms with van der Waals surface area (Å²) in [4.78, 5) is 66.1. The zero-order valence-corrected chi connectivity index (χ0v) is 76.7. The molecule has 4 aromatic carbocycles. The first-order valence-electron chi connectivity index (χ1n) is 47.4. The van der Waals surface area contributed by atoms with Gasteiger partial charge in [-0.05, 0) is 54.4 Å². The number of nitrogens with one attached hydrogen (secondary N) is 1. The van der Waals surface area contributed by atoms with Crippen LogP contribution >= 0.6 is 15.6 Å². The largest absolute Gasteiger partial charge is 0.508 e. The second kappa shape index (κ2) is 75.4. The maximum atomic E-state index is 15.3. The summed E-state index contributed by atoms with van der Waals surface area (Å²) < 4.78 is 108. The van der Waals surface area contributed by atoms with E-state index in [9.17, 15) is 24.0 Å². The van der Waals surface area contributed by atoms with E-state index < -0.39 is 97.1 Å². The minimum Gasteiger partial charge on any atom is -0.462 e. The number of ether oxygens (including phenoxy) is 7. The van der Waals surface area contributed by atoms with Crippen molar-refractivity contribution >= 4 is 45.8 Å². The van der Waals surface area contributed by atoms with E-state index >= 15 is 9.13 Å². The Kier molecular flexibility index (Phi) is 66.8. The Bertz CT molecular complexity index is 3210. The van der Waals surface area contributed by atoms with Gasteiger partial charge in [0.1, 0.15) is 25.9 Å². The molecular weight excluding hydrogens is 1570 g/mol. The average Bonchev–Trinajstić information content (AvgIpc) is 0.858. The van der Waals surface area contributed by atoms with Gasteiger partial charge in [0.2, 0.25) is 0 Å². The molecule has 0 aliphatic heterocycles. The number of amides is 1. The molecule has 0 saturated heterocycles. The van der Waals surface area contributed by atoms with Gasteiger partial charge in [0.05, 0.1) is 52.9 Å². The normalized spacial score (nSPS) is 13.2. The van der Waals surface area contributed by atoms with Crippen molar-refractivity contribution in [1.82, 2.24) is 5.32 Å². The predicted molar refractivity (Wildman–Crippen MR) is 482 cm³/mol. The summed E-state index contributed by atoms with van der Waals surface area (Å²) in [7, 11) is -9.45. The molecule has 0 radical (unpaired) electrons. The summed E-state index contributed by atoms with van der Waals surface area (Å²) in [5.74, 6) is -1.53. The fraction of sp³-hybridized carbons (Fsp3) is 0.704. The second-order valence-electron chi connectivity index (χ2n) is 32.5. The summed E-state index contributed by atoms with van der Waals surface area (Å²) in [6.45, 7) is 4.00. The standard InChI is InChI=1S/C98H159NO20P2/c1-4-7-10-13-16-19-22-25-28-32-37-42-59-72-94(100)109-81-92(118-95(101)73-60-43-38-33-29-26-23-20-17-14-11-8-5-2)85-116-120(105,112-79-89-68-55-49-56-69-89)114-83-91(108-77-87-64-51-47-52-65-87)84-115-121(106,113-80-90-70-57-50-58-71-90)117-86-93(119-96(102)74-61-44-39-34-30-27-24-21-18-15-12-9-6-3)82-111-98(104)107-76-63-46-41-36-31-35-40-45-62-75-99-97(103)110-78-88-66-53-48-54-67-88/h47-58,64-71,91-93H,4-46,59-63,72-86H2,1-3H3,(H,99,103)/t91-,92+,93-,120?,121?/m1/s1. The van der Waals surface area contributed by atoms with Crippen LogP contribution in [0.2, 0.25) is 0 Å². The van der Waals surface area contributed by atoms with E-state index in [2.05, 4.69) is 26.1 Å². The predicted octanol–water partition coefficient (Wildman–Crippen LogP) is 27.7. The maximum absolute atomic E-state index is 15.3. The first-order valence-corrected chi connectivity index (χ1v) is 50.3. The molecule has 0 fully saturated rings. The number of rotatable bonds is 83. The molecule has 0 spiro atoms. The van der Waals surface area contributed by atoms with Gasteiger partial charge in [0.15, 0.2) is 12.2 Å². The van der Waals surface area contributed by atoms with Crippen LogP contribution in [-0.2, 0) is 110 Å². The van der Waals surface area contributed by atoms with E-state index in [4.69, 9.17) is 60.3 Å². The SMILES string of the molecule is CCCCCCCCCCCCCCCC(=O)OC[C@@H](COP(=O)(OCc1ccccc1)OC[C@H](COP(=O)(OCc1ccccc1)OC[C@@H](COC(=O)OCCCCCCCCCCCNC(=O)OCc1ccccc1)OC(=O)CCCCCCCCCCCCCCC)OCc1ccccc1)OC(=O)CCCCCCCCCCCCCCC. The molecule has 1 N–H and O–H groups in total. The number of carbonyl (C=O) groups is 5. The molecule has 0 aromatic heterocycles. The van der Waals surface area contributed by atoms with Crippen molar-refractivity contribution in [2.75, 3.05) is 52.8 Å². The Morgan fingerprint density at radius 3 is 0.901 bits per heavy atom. The molecule has 0 saturated carbocycles. The third kappa shape index (κ3) is 62.7. The highest BCUT2D eigenvalue weighted by molar-refractivity contribution is 7.48. The summed E-state index contributed by atoms with van der Waals surface area (Å²) >= 11 is 0. The topological polar surface area (TPSA) is 252 Å². The number of esters is 3. The number of hydrogen-bond acceptors (Lipinski definition) is 20. The second-order valence-corrected chi connectivity index (χ2v) is 35.8. The molecule has 0 aliphatic carbocycles. The number of hydrogen-bond donors (Lipinski definition) is 1. The van der Waals surface area contributed by atoms with Gasteiger partial charge < -0.3 is 38.5 Å². The van der Waals surface area contributed by atoms with Gasteiger partial charge in [-0.3, -0.25) is 41.5 Å². The van der Waals surface area contributed by atoms with E-state index in [1.54, 1.807) is 48.5 Å². The van der Waals surface area contributed by atoms with Gasteiger partial charge >= 0.3 is 45.8 Å². The van der Waals surface area contributed by atoms with Crippen LogP contribution in [0.4, 0.5) is 9.59 Å². The molecule has 0 bridgehead atoms. The van der Waals surface area contributed by atoms with Crippen molar-refractivity contribution in [1.29, 1.82) is 0 Å². The number of phosphoric ester groups is 2. The number of phosphoric acid groups is 2. The van der Waals surface area contributed by atoms with Gasteiger partial charge in [0, 0.05) is 25.8 Å². The molecule has 121 heavy (non-hydrogen) atoms. The number of benzene rings is 4. The number of carbonyl (C=O) groups excluding carboxylic acids is 5. The van der Waals surface area contributed by atoms with E-state index in [1.807, 2.05) is 72.8 Å². The zero-order chi connectivity index (χ0) is 86.5. The van der Waals surface area contributed by atoms with Crippen LogP contribution in [0.15, 0.2) is 121 Å². The Morgan fingerprint density at radius 2 is 0.554 bits per heavy atom. The molecule has 686 valence electrons. The highest BCUT2D eigenvalue weighted by atomic mass is 31.2. The summed E-state index contributed by atoms with van der Waals surface area (Å²) in [5, 5.41) is 2.82. The minimum atomic E-state index is -4.74. The molecule has 0 heterocycles. The molecule has 1 amide bonds. The molecular formula is C98H159NO20P2. The smallest absolute Gasteiger partial charge is 0.462 e. The molecule has 2 unspecified atom stereocenters. The molecule has 0 aliphatic rings. The van der Waals surface area contributed by atoms with Crippen molar-refractivity contribution in [2.24, 2.45) is 0 Å². The van der Waals surface area contributed by atoms with Crippen molar-refractivity contribution < 1.29 is 93.4 Å². The lowest BCUT2D eigenvalue weighted by atomic mass is 10.0. The third-order valence-electron chi connectivity index (χ3n) is 21.4. The van der Waals surface area contributed by atoms with Gasteiger partial charge in [-0.1, -0.05) is 418 Å². The highest BCUT2D eigenvalue weighted by Gasteiger charge is 2.35. The Balaban J connectivity index is 1.45. The molecule has 5 atom stereocenters. The van der Waals surface area contributed by atoms with Crippen molar-refractivity contribution in [2.45, 2.75) is 393 Å². The van der Waals surface area contributed by atoms with E-state index in [0.717, 1.165) is 133 Å². The van der Waals surface area contributed by atoms with Crippen LogP contribution in [0.3, 0.4) is 0 Å². The van der Waals surface area contributed by atoms with Crippen molar-refractivity contribution in [3.8, 4) is 0 Å². The lowest BCUT2D eigenvalue weighted by Gasteiger charge is -2.26. The zero-order valence-electron chi connectivity index (χ0n) is 74.9. The molecule has 4 aromatic rings. The van der Waals surface area contributed by atoms with Crippen LogP contribution in [0, 0.1) is 0 Å². The Labute approximate surface area is 730 Å². The fourth-order valence-electron chi connectivity index (χ4n) is 13.9. The van der Waals surface area contributed by atoms with E-state index in [1.165, 1.54) is 161 Å². The first kappa shape index (κ1) is 107. The van der Waals surface area contributed by atoms with E-state index in [0.29, 0.717) is 43.4 Å². The maximum Gasteiger partial charge on any atom is 0.508 e. The Hall–Kier alpha value is -5.99. The average molecular weight is 1730 g/mol. The first-order chi connectivity index (χ1) is 59.3. The van der Waals surface area contributed by atoms with Crippen LogP contribution in [0.5, 0.6) is 0 Å². The van der Waals surface area contributed by atoms with Gasteiger partial charge in [0.25, 0.3) is 0 Å². The lowest BCUT2D eigenvalue weighted by molar-refractivity contribution is -0.161. The van der Waals surface area contributed by atoms with Gasteiger partial charge in [-0.2, -0.15) is 0 Å². The highest BCUT2D eigenvalue weighted by Crippen LogP contribution is 2.53. The van der Waals surface area contributed by atoms with Crippen LogP contribution in [0.1, 0.15) is 370 Å². The quantitative estimate of drug-likeness (QED) is 0.0187. The number of unbranched alkanes of at least 4 members (excludes halogenated alkanes) is 44. The van der Waals surface area contributed by atoms with Crippen molar-refractivity contribution in [3.63, 3.8) is 0 Å². The summed E-state index contributed by atoms with van der Waals surface area (Å²) in [6.07, 6.45) is 48.7. The lowest BCUT2D eigenvalue weighted by Crippen LogP contribution is -2.31. The van der Waals surface area contributed by atoms with Crippen molar-refractivity contribution in [3.05, 3.63) is 144 Å². The molecule has 4 rings (SSSR count). The van der Waals surface area contributed by atoms with Gasteiger partial charge in [-0.15, -0.1) is 0 Å². The minimum absolute atomic E-state index is 0.0180. The number of alkyl carbamates (subject to hydrolysis) is 1. The molecule has 21 nitrogen and oxygen atoms in total. The Morgan fingerprint density at radius 1 is 0.273 bits per heavy atom. The van der Waals surface area contributed by atoms with Crippen LogP contribution in [0.25, 0.3) is 0 Å². The summed E-state index contributed by atoms with van der Waals surface area (Å²) in [6, 6.07) is 36.8. The summed E-state index contributed by atoms with van der Waals surface area (Å²) in [5.41, 5.74) is 2.96. The molecule has 23 heteroatoms. The fourth-order valence-corrected chi connectivity index (χ4v) is 16.4. The third-order valence-corrected chi connectivity index (χ3v) is 24.1. The van der Waals surface area contributed by atoms with Crippen LogP contribution < -0.4 is 5.32 Å². The van der Waals surface area contributed by atoms with Gasteiger partial charge in [-0.25, -0.2) is 18.7 Å². The van der Waals surface area contributed by atoms with E-state index in [-0.39, 0.29) is 58.9 Å².